The lowest BCUT2D eigenvalue weighted by Crippen LogP contribution is -2.28. The van der Waals surface area contributed by atoms with Crippen molar-refractivity contribution in [3.05, 3.63) is 0 Å². The Morgan fingerprint density at radius 3 is 1.47 bits per heavy atom. The lowest BCUT2D eigenvalue weighted by Gasteiger charge is -2.21. The van der Waals surface area contributed by atoms with Crippen LogP contribution in [0.4, 0.5) is 0 Å². The quantitative estimate of drug-likeness (QED) is 0.0346. The molecule has 0 saturated carbocycles. The van der Waals surface area contributed by atoms with Crippen LogP contribution in [0, 0.1) is 29.6 Å². The summed E-state index contributed by atoms with van der Waals surface area (Å²) >= 11 is 0. The number of hydrogen-bond donors (Lipinski definition) is 0. The molecule has 0 spiro atoms. The third-order valence-corrected chi connectivity index (χ3v) is 12.2. The van der Waals surface area contributed by atoms with E-state index in [9.17, 15) is 14.4 Å². The van der Waals surface area contributed by atoms with Crippen molar-refractivity contribution in [1.82, 2.24) is 4.90 Å². The number of carbonyl (C=O) groups is 3. The number of nitrogens with zero attached hydrogens (tertiary/aromatic N) is 1. The second-order valence-corrected chi connectivity index (χ2v) is 18.6. The zero-order valence-electron chi connectivity index (χ0n) is 39.5. The Morgan fingerprint density at radius 1 is 0.491 bits per heavy atom. The van der Waals surface area contributed by atoms with Crippen LogP contribution in [0.25, 0.3) is 0 Å². The molecule has 0 radical (unpaired) electrons. The highest BCUT2D eigenvalue weighted by atomic mass is 16.5. The van der Waals surface area contributed by atoms with Gasteiger partial charge in [-0.1, -0.05) is 164 Å². The molecule has 0 bridgehead atoms. The number of esters is 3. The number of rotatable bonds is 41. The molecule has 0 aromatic carbocycles. The molecule has 7 heteroatoms. The minimum Gasteiger partial charge on any atom is -0.466 e. The summed E-state index contributed by atoms with van der Waals surface area (Å²) < 4.78 is 17.1. The Hall–Kier alpha value is -1.63. The van der Waals surface area contributed by atoms with Gasteiger partial charge in [-0.05, 0) is 89.5 Å². The van der Waals surface area contributed by atoms with Gasteiger partial charge in [-0.25, -0.2) is 0 Å². The smallest absolute Gasteiger partial charge is 0.308 e. The number of ether oxygens (including phenoxy) is 3. The summed E-state index contributed by atoms with van der Waals surface area (Å²) in [6.45, 7) is 20.4. The van der Waals surface area contributed by atoms with Crippen LogP contribution in [0.15, 0.2) is 0 Å². The largest absolute Gasteiger partial charge is 0.466 e. The molecule has 2 atom stereocenters. The van der Waals surface area contributed by atoms with Gasteiger partial charge in [0.15, 0.2) is 0 Å². The van der Waals surface area contributed by atoms with Crippen molar-refractivity contribution in [3.8, 4) is 0 Å². The van der Waals surface area contributed by atoms with E-state index in [1.807, 2.05) is 0 Å². The molecular formula is C50H97NO6. The van der Waals surface area contributed by atoms with Crippen molar-refractivity contribution in [3.63, 3.8) is 0 Å². The maximum atomic E-state index is 13.2. The molecule has 0 fully saturated rings. The second-order valence-electron chi connectivity index (χ2n) is 18.6. The summed E-state index contributed by atoms with van der Waals surface area (Å²) in [7, 11) is 2.12. The van der Waals surface area contributed by atoms with Gasteiger partial charge < -0.3 is 19.1 Å². The van der Waals surface area contributed by atoms with E-state index in [2.05, 4.69) is 67.3 Å². The van der Waals surface area contributed by atoms with E-state index in [1.165, 1.54) is 57.8 Å². The molecular weight excluding hydrogens is 711 g/mol. The summed E-state index contributed by atoms with van der Waals surface area (Å²) in [4.78, 5) is 40.2. The van der Waals surface area contributed by atoms with E-state index in [0.29, 0.717) is 62.4 Å². The fourth-order valence-corrected chi connectivity index (χ4v) is 7.62. The summed E-state index contributed by atoms with van der Waals surface area (Å²) in [5.74, 6) is 2.23. The fraction of sp³-hybridized carbons (Fsp3) is 0.940. The normalized spacial score (nSPS) is 12.9. The van der Waals surface area contributed by atoms with Crippen molar-refractivity contribution in [2.24, 2.45) is 29.6 Å². The zero-order valence-corrected chi connectivity index (χ0v) is 39.5. The molecule has 0 amide bonds. The fourth-order valence-electron chi connectivity index (χ4n) is 7.62. The highest BCUT2D eigenvalue weighted by Gasteiger charge is 2.20. The van der Waals surface area contributed by atoms with Crippen LogP contribution in [0.3, 0.4) is 0 Å². The molecule has 0 aromatic heterocycles. The van der Waals surface area contributed by atoms with Crippen LogP contribution in [0.2, 0.25) is 0 Å². The first-order chi connectivity index (χ1) is 27.4. The molecule has 0 aliphatic rings. The summed E-state index contributed by atoms with van der Waals surface area (Å²) in [6, 6.07) is 0.487. The Morgan fingerprint density at radius 2 is 0.982 bits per heavy atom. The highest BCUT2D eigenvalue weighted by Crippen LogP contribution is 2.24. The van der Waals surface area contributed by atoms with Gasteiger partial charge in [0.2, 0.25) is 0 Å². The monoisotopic (exact) mass is 808 g/mol. The Kier molecular flexibility index (Phi) is 37.5. The molecule has 0 N–H and O–H groups in total. The van der Waals surface area contributed by atoms with E-state index in [1.54, 1.807) is 0 Å². The number of carbonyl (C=O) groups excluding carboxylic acids is 3. The average Bonchev–Trinajstić information content (AvgIpc) is 3.17. The third-order valence-electron chi connectivity index (χ3n) is 12.2. The van der Waals surface area contributed by atoms with Crippen LogP contribution in [0.5, 0.6) is 0 Å². The van der Waals surface area contributed by atoms with Crippen LogP contribution >= 0.6 is 0 Å². The van der Waals surface area contributed by atoms with Crippen molar-refractivity contribution in [2.75, 3.05) is 33.4 Å². The van der Waals surface area contributed by atoms with Gasteiger partial charge in [0, 0.05) is 25.4 Å². The first kappa shape index (κ1) is 55.4. The number of hydrogen-bond acceptors (Lipinski definition) is 7. The minimum atomic E-state index is -0.0489. The Bertz CT molecular complexity index is 926. The molecule has 338 valence electrons. The zero-order chi connectivity index (χ0) is 42.5. The molecule has 0 aliphatic carbocycles. The maximum Gasteiger partial charge on any atom is 0.308 e. The van der Waals surface area contributed by atoms with Crippen molar-refractivity contribution < 1.29 is 28.6 Å². The van der Waals surface area contributed by atoms with Gasteiger partial charge in [-0.2, -0.15) is 0 Å². The van der Waals surface area contributed by atoms with Gasteiger partial charge in [-0.3, -0.25) is 14.4 Å². The molecule has 7 nitrogen and oxygen atoms in total. The lowest BCUT2D eigenvalue weighted by molar-refractivity contribution is -0.149. The molecule has 0 aromatic rings. The standard InChI is InChI=1S/C50H97NO6/c1-10-12-22-29-45(30-23-13-11-2)37-40-55-48(52)33-26-20-16-14-18-24-31-46(50(54)56-39-28-38-51(9)44(7)8)32-25-19-15-17-21-27-34-49(53)57-41-47(43(5)6)36-35-42(3)4/h42-47H,10-41H2,1-9H3. The summed E-state index contributed by atoms with van der Waals surface area (Å²) in [5, 5.41) is 0. The molecule has 0 heterocycles. The van der Waals surface area contributed by atoms with Crippen molar-refractivity contribution >= 4 is 17.9 Å². The second kappa shape index (κ2) is 38.6. The maximum absolute atomic E-state index is 13.2. The molecule has 0 rings (SSSR count). The third kappa shape index (κ3) is 34.9. The highest BCUT2D eigenvalue weighted by molar-refractivity contribution is 5.72. The van der Waals surface area contributed by atoms with Gasteiger partial charge >= 0.3 is 17.9 Å². The van der Waals surface area contributed by atoms with Gasteiger partial charge in [0.25, 0.3) is 0 Å². The van der Waals surface area contributed by atoms with Crippen molar-refractivity contribution in [2.45, 2.75) is 241 Å². The van der Waals surface area contributed by atoms with Crippen LogP contribution in [-0.2, 0) is 28.6 Å². The lowest BCUT2D eigenvalue weighted by atomic mass is 9.89. The van der Waals surface area contributed by atoms with E-state index in [-0.39, 0.29) is 23.8 Å². The van der Waals surface area contributed by atoms with E-state index < -0.39 is 0 Å². The van der Waals surface area contributed by atoms with Crippen LogP contribution in [-0.4, -0.2) is 62.3 Å². The minimum absolute atomic E-state index is 0.0172. The van der Waals surface area contributed by atoms with Gasteiger partial charge in [0.05, 0.1) is 25.7 Å². The first-order valence-electron chi connectivity index (χ1n) is 24.6. The topological polar surface area (TPSA) is 82.1 Å². The van der Waals surface area contributed by atoms with Gasteiger partial charge in [-0.15, -0.1) is 0 Å². The Labute approximate surface area is 354 Å². The molecule has 57 heavy (non-hydrogen) atoms. The molecule has 0 saturated heterocycles. The summed E-state index contributed by atoms with van der Waals surface area (Å²) in [6.07, 6.45) is 30.0. The molecule has 0 aliphatic heterocycles. The SMILES string of the molecule is CCCCCC(CCCCC)CCOC(=O)CCCCCCCCC(CCCCCCCCC(=O)OCC(CCC(C)C)C(C)C)C(=O)OCCCN(C)C(C)C. The average molecular weight is 808 g/mol. The van der Waals surface area contributed by atoms with E-state index in [4.69, 9.17) is 14.2 Å². The predicted molar refractivity (Wildman–Crippen MR) is 241 cm³/mol. The molecule has 2 unspecified atom stereocenters. The Balaban J connectivity index is 4.41. The van der Waals surface area contributed by atoms with Crippen molar-refractivity contribution in [1.29, 1.82) is 0 Å². The predicted octanol–water partition coefficient (Wildman–Crippen LogP) is 14.1. The first-order valence-corrected chi connectivity index (χ1v) is 24.6. The van der Waals surface area contributed by atoms with Crippen LogP contribution in [0.1, 0.15) is 235 Å². The summed E-state index contributed by atoms with van der Waals surface area (Å²) in [5.41, 5.74) is 0. The van der Waals surface area contributed by atoms with E-state index >= 15 is 0 Å². The van der Waals surface area contributed by atoms with E-state index in [0.717, 1.165) is 116 Å². The van der Waals surface area contributed by atoms with Crippen LogP contribution < -0.4 is 0 Å². The number of unbranched alkanes of at least 4 members (excludes halogenated alkanes) is 14. The van der Waals surface area contributed by atoms with Gasteiger partial charge in [0.1, 0.15) is 0 Å².